The van der Waals surface area contributed by atoms with Gasteiger partial charge in [-0.2, -0.15) is 5.10 Å². The Hall–Kier alpha value is -1.89. The van der Waals surface area contributed by atoms with Crippen LogP contribution >= 0.6 is 11.3 Å². The van der Waals surface area contributed by atoms with Crippen molar-refractivity contribution in [2.45, 2.75) is 25.4 Å². The predicted molar refractivity (Wildman–Crippen MR) is 70.5 cm³/mol. The van der Waals surface area contributed by atoms with Crippen LogP contribution in [-0.2, 0) is 13.0 Å². The molecular weight excluding hydrogens is 264 g/mol. The number of nitrogens with one attached hydrogen (secondary N) is 1. The van der Waals surface area contributed by atoms with E-state index in [1.807, 2.05) is 10.1 Å². The average Bonchev–Trinajstić information content (AvgIpc) is 3.06. The first-order chi connectivity index (χ1) is 9.26. The number of aryl methyl sites for hydroxylation is 1. The minimum absolute atomic E-state index is 0.0538. The number of fused-ring (bicyclic) bond motifs is 1. The number of hydrogen-bond acceptors (Lipinski definition) is 5. The van der Waals surface area contributed by atoms with Gasteiger partial charge in [-0.25, -0.2) is 9.67 Å². The van der Waals surface area contributed by atoms with Crippen LogP contribution in [0.5, 0.6) is 5.75 Å². The first-order valence-electron chi connectivity index (χ1n) is 6.06. The summed E-state index contributed by atoms with van der Waals surface area (Å²) in [5, 5.41) is 9.00. The fourth-order valence-corrected chi connectivity index (χ4v) is 2.91. The maximum Gasteiger partial charge on any atom is 0.261 e. The molecule has 2 aromatic rings. The monoisotopic (exact) mass is 278 g/mol. The number of rotatable bonds is 3. The van der Waals surface area contributed by atoms with Crippen molar-refractivity contribution < 1.29 is 9.53 Å². The maximum absolute atomic E-state index is 12.1. The second-order valence-electron chi connectivity index (χ2n) is 4.42. The Morgan fingerprint density at radius 2 is 2.53 bits per heavy atom. The highest BCUT2D eigenvalue weighted by molar-refractivity contribution is 7.12. The molecule has 3 heterocycles. The Bertz CT molecular complexity index is 592. The summed E-state index contributed by atoms with van der Waals surface area (Å²) in [6.45, 7) is 0.684. The normalized spacial score (nSPS) is 17.8. The van der Waals surface area contributed by atoms with Crippen LogP contribution in [-0.4, -0.2) is 33.8 Å². The number of carbonyl (C=O) groups is 1. The Balaban J connectivity index is 1.64. The molecule has 0 fully saturated rings. The molecule has 0 radical (unpaired) electrons. The highest BCUT2D eigenvalue weighted by Crippen LogP contribution is 2.21. The van der Waals surface area contributed by atoms with E-state index in [1.54, 1.807) is 19.5 Å². The molecule has 1 aliphatic heterocycles. The van der Waals surface area contributed by atoms with Crippen LogP contribution in [0.3, 0.4) is 0 Å². The third-order valence-electron chi connectivity index (χ3n) is 3.18. The van der Waals surface area contributed by atoms with Gasteiger partial charge in [-0.15, -0.1) is 11.3 Å². The van der Waals surface area contributed by atoms with Crippen LogP contribution in [0, 0.1) is 0 Å². The highest BCUT2D eigenvalue weighted by atomic mass is 32.1. The molecule has 0 aromatic carbocycles. The van der Waals surface area contributed by atoms with Crippen LogP contribution in [0.4, 0.5) is 0 Å². The van der Waals surface area contributed by atoms with Crippen molar-refractivity contribution in [1.29, 1.82) is 0 Å². The lowest BCUT2D eigenvalue weighted by Gasteiger charge is -2.23. The molecule has 100 valence electrons. The molecule has 1 amide bonds. The lowest BCUT2D eigenvalue weighted by atomic mass is 10.1. The molecule has 7 heteroatoms. The number of ether oxygens (including phenoxy) is 1. The van der Waals surface area contributed by atoms with Gasteiger partial charge in [0.25, 0.3) is 5.91 Å². The first kappa shape index (κ1) is 12.2. The summed E-state index contributed by atoms with van der Waals surface area (Å²) >= 11 is 1.39. The predicted octanol–water partition coefficient (Wildman–Crippen LogP) is 1.09. The minimum atomic E-state index is -0.0538. The molecule has 0 unspecified atom stereocenters. The van der Waals surface area contributed by atoms with Crippen molar-refractivity contribution in [3.05, 3.63) is 28.5 Å². The van der Waals surface area contributed by atoms with Crippen molar-refractivity contribution >= 4 is 17.2 Å². The van der Waals surface area contributed by atoms with Crippen LogP contribution in [0.25, 0.3) is 0 Å². The third kappa shape index (κ3) is 2.46. The molecule has 0 bridgehead atoms. The van der Waals surface area contributed by atoms with Gasteiger partial charge < -0.3 is 10.1 Å². The summed E-state index contributed by atoms with van der Waals surface area (Å²) < 4.78 is 6.93. The highest BCUT2D eigenvalue weighted by Gasteiger charge is 2.22. The fraction of sp³-hybridized carbons (Fsp3) is 0.417. The van der Waals surface area contributed by atoms with E-state index in [1.165, 1.54) is 11.3 Å². The number of carbonyl (C=O) groups excluding carboxylic acids is 1. The van der Waals surface area contributed by atoms with Crippen LogP contribution < -0.4 is 10.1 Å². The molecule has 1 N–H and O–H groups in total. The summed E-state index contributed by atoms with van der Waals surface area (Å²) in [4.78, 5) is 16.9. The summed E-state index contributed by atoms with van der Waals surface area (Å²) in [5.41, 5.74) is 0. The van der Waals surface area contributed by atoms with E-state index in [4.69, 9.17) is 4.74 Å². The molecule has 2 aromatic heterocycles. The van der Waals surface area contributed by atoms with E-state index in [0.29, 0.717) is 11.4 Å². The van der Waals surface area contributed by atoms with E-state index < -0.39 is 0 Å². The zero-order valence-electron chi connectivity index (χ0n) is 10.5. The van der Waals surface area contributed by atoms with E-state index in [9.17, 15) is 4.79 Å². The number of aromatic nitrogens is 3. The smallest absolute Gasteiger partial charge is 0.261 e. The molecule has 0 saturated heterocycles. The number of nitrogens with zero attached hydrogens (tertiary/aromatic N) is 3. The zero-order valence-corrected chi connectivity index (χ0v) is 11.3. The zero-order chi connectivity index (χ0) is 13.2. The Labute approximate surface area is 114 Å². The standard InChI is InChI=1S/C12H14N4O2S/c1-18-9-4-10(19-6-9)12(17)15-8-2-3-11-13-7-14-16(11)5-8/h4,6-8H,2-3,5H2,1H3,(H,15,17)/t8-/m0/s1. The number of methoxy groups -OCH3 is 1. The molecule has 1 aliphatic rings. The van der Waals surface area contributed by atoms with Gasteiger partial charge in [0.2, 0.25) is 0 Å². The van der Waals surface area contributed by atoms with Crippen molar-refractivity contribution in [3.8, 4) is 5.75 Å². The summed E-state index contributed by atoms with van der Waals surface area (Å²) in [6, 6.07) is 1.86. The lowest BCUT2D eigenvalue weighted by molar-refractivity contribution is 0.0930. The van der Waals surface area contributed by atoms with Crippen molar-refractivity contribution in [1.82, 2.24) is 20.1 Å². The van der Waals surface area contributed by atoms with E-state index >= 15 is 0 Å². The number of hydrogen-bond donors (Lipinski definition) is 1. The summed E-state index contributed by atoms with van der Waals surface area (Å²) in [6.07, 6.45) is 3.30. The van der Waals surface area contributed by atoms with E-state index in [0.717, 1.165) is 24.4 Å². The second-order valence-corrected chi connectivity index (χ2v) is 5.33. The third-order valence-corrected chi connectivity index (χ3v) is 4.08. The van der Waals surface area contributed by atoms with E-state index in [2.05, 4.69) is 15.4 Å². The first-order valence-corrected chi connectivity index (χ1v) is 6.94. The number of amides is 1. The van der Waals surface area contributed by atoms with E-state index in [-0.39, 0.29) is 11.9 Å². The van der Waals surface area contributed by atoms with Gasteiger partial charge in [0, 0.05) is 23.9 Å². The summed E-state index contributed by atoms with van der Waals surface area (Å²) in [7, 11) is 1.59. The van der Waals surface area contributed by atoms with Crippen LogP contribution in [0.1, 0.15) is 21.9 Å². The largest absolute Gasteiger partial charge is 0.496 e. The van der Waals surface area contributed by atoms with Gasteiger partial charge >= 0.3 is 0 Å². The quantitative estimate of drug-likeness (QED) is 0.912. The second kappa shape index (κ2) is 5.00. The Kier molecular flexibility index (Phi) is 3.20. The topological polar surface area (TPSA) is 69.0 Å². The van der Waals surface area contributed by atoms with Gasteiger partial charge in [0.05, 0.1) is 18.5 Å². The van der Waals surface area contributed by atoms with Crippen molar-refractivity contribution in [2.24, 2.45) is 0 Å². The number of thiophene rings is 1. The molecule has 0 saturated carbocycles. The molecule has 19 heavy (non-hydrogen) atoms. The van der Waals surface area contributed by atoms with Crippen LogP contribution in [0.2, 0.25) is 0 Å². The maximum atomic E-state index is 12.1. The molecule has 6 nitrogen and oxygen atoms in total. The molecule has 0 aliphatic carbocycles. The van der Waals surface area contributed by atoms with Gasteiger partial charge in [0.1, 0.15) is 17.9 Å². The van der Waals surface area contributed by atoms with Gasteiger partial charge in [-0.05, 0) is 6.42 Å². The summed E-state index contributed by atoms with van der Waals surface area (Å²) in [5.74, 6) is 1.66. The molecule has 3 rings (SSSR count). The average molecular weight is 278 g/mol. The van der Waals surface area contributed by atoms with Crippen molar-refractivity contribution in [2.75, 3.05) is 7.11 Å². The minimum Gasteiger partial charge on any atom is -0.496 e. The fourth-order valence-electron chi connectivity index (χ4n) is 2.16. The van der Waals surface area contributed by atoms with Crippen molar-refractivity contribution in [3.63, 3.8) is 0 Å². The van der Waals surface area contributed by atoms with Gasteiger partial charge in [-0.3, -0.25) is 4.79 Å². The van der Waals surface area contributed by atoms with Gasteiger partial charge in [-0.1, -0.05) is 0 Å². The Morgan fingerprint density at radius 3 is 3.32 bits per heavy atom. The molecular formula is C12H14N4O2S. The lowest BCUT2D eigenvalue weighted by Crippen LogP contribution is -2.41. The van der Waals surface area contributed by atoms with Crippen LogP contribution in [0.15, 0.2) is 17.8 Å². The SMILES string of the molecule is COc1csc(C(=O)N[C@H]2CCc3ncnn3C2)c1. The van der Waals surface area contributed by atoms with Gasteiger partial charge in [0.15, 0.2) is 0 Å². The Morgan fingerprint density at radius 1 is 1.63 bits per heavy atom. The molecule has 1 atom stereocenters. The molecule has 0 spiro atoms.